The summed E-state index contributed by atoms with van der Waals surface area (Å²) >= 11 is 0. The molecule has 0 aromatic heterocycles. The third-order valence-corrected chi connectivity index (χ3v) is 7.09. The number of nitrogens with one attached hydrogen (secondary N) is 1. The zero-order valence-corrected chi connectivity index (χ0v) is 22.4. The highest BCUT2D eigenvalue weighted by molar-refractivity contribution is 6.52. The number of rotatable bonds is 10. The quantitative estimate of drug-likeness (QED) is 0.397. The van der Waals surface area contributed by atoms with Crippen molar-refractivity contribution in [3.8, 4) is 11.5 Å². The molecule has 9 heteroatoms. The fourth-order valence-corrected chi connectivity index (χ4v) is 4.56. The predicted molar refractivity (Wildman–Crippen MR) is 147 cm³/mol. The average molecular weight is 530 g/mol. The van der Waals surface area contributed by atoms with Crippen LogP contribution in [0.15, 0.2) is 72.8 Å². The maximum absolute atomic E-state index is 13.9. The van der Waals surface area contributed by atoms with E-state index in [9.17, 15) is 19.2 Å². The van der Waals surface area contributed by atoms with E-state index in [0.717, 1.165) is 5.56 Å². The summed E-state index contributed by atoms with van der Waals surface area (Å²) in [6.45, 7) is 3.23. The molecular formula is C30H31N3O6. The van der Waals surface area contributed by atoms with Crippen molar-refractivity contribution in [2.75, 3.05) is 31.0 Å². The van der Waals surface area contributed by atoms with E-state index in [1.807, 2.05) is 37.3 Å². The summed E-state index contributed by atoms with van der Waals surface area (Å²) in [6.07, 6.45) is 0.277. The third-order valence-electron chi connectivity index (χ3n) is 7.09. The van der Waals surface area contributed by atoms with E-state index in [1.165, 1.54) is 24.0 Å². The normalized spacial score (nSPS) is 13.9. The summed E-state index contributed by atoms with van der Waals surface area (Å²) in [5, 5.41) is 2.90. The molecule has 0 aliphatic carbocycles. The number of ether oxygens (including phenoxy) is 2. The Morgan fingerprint density at radius 3 is 2.31 bits per heavy atom. The van der Waals surface area contributed by atoms with E-state index in [1.54, 1.807) is 49.4 Å². The van der Waals surface area contributed by atoms with Crippen LogP contribution in [0, 0.1) is 0 Å². The lowest BCUT2D eigenvalue weighted by Crippen LogP contribution is -2.58. The first-order valence-electron chi connectivity index (χ1n) is 12.6. The third kappa shape index (κ3) is 5.34. The summed E-state index contributed by atoms with van der Waals surface area (Å²) in [7, 11) is 3.02. The van der Waals surface area contributed by atoms with E-state index in [4.69, 9.17) is 9.47 Å². The predicted octanol–water partition coefficient (Wildman–Crippen LogP) is 4.07. The Labute approximate surface area is 227 Å². The summed E-state index contributed by atoms with van der Waals surface area (Å²) < 4.78 is 10.7. The van der Waals surface area contributed by atoms with Crippen molar-refractivity contribution < 1.29 is 28.7 Å². The number of carbonyl (C=O) groups is 4. The Hall–Kier alpha value is -4.66. The molecule has 3 aromatic rings. The molecule has 1 aliphatic rings. The van der Waals surface area contributed by atoms with E-state index >= 15 is 0 Å². The van der Waals surface area contributed by atoms with Gasteiger partial charge >= 0.3 is 0 Å². The van der Waals surface area contributed by atoms with Crippen molar-refractivity contribution in [3.05, 3.63) is 83.9 Å². The molecule has 1 aliphatic heterocycles. The molecule has 1 atom stereocenters. The van der Waals surface area contributed by atoms with Crippen LogP contribution in [0.4, 0.5) is 11.4 Å². The smallest absolute Gasteiger partial charge is 0.299 e. The first-order valence-corrected chi connectivity index (χ1v) is 12.6. The van der Waals surface area contributed by atoms with Crippen molar-refractivity contribution in [2.24, 2.45) is 0 Å². The van der Waals surface area contributed by atoms with Gasteiger partial charge in [0.05, 0.1) is 31.2 Å². The molecule has 0 saturated carbocycles. The van der Waals surface area contributed by atoms with E-state index < -0.39 is 29.0 Å². The molecule has 0 spiro atoms. The Kier molecular flexibility index (Phi) is 7.99. The molecule has 3 aromatic carbocycles. The minimum absolute atomic E-state index is 0.120. The number of anilines is 2. The molecule has 3 amide bonds. The fourth-order valence-electron chi connectivity index (χ4n) is 4.56. The number of hydrogen-bond acceptors (Lipinski definition) is 6. The summed E-state index contributed by atoms with van der Waals surface area (Å²) in [6, 6.07) is 20.9. The van der Waals surface area contributed by atoms with Gasteiger partial charge in [0, 0.05) is 12.6 Å². The Morgan fingerprint density at radius 1 is 0.949 bits per heavy atom. The Balaban J connectivity index is 1.68. The van der Waals surface area contributed by atoms with Gasteiger partial charge in [0.2, 0.25) is 11.8 Å². The van der Waals surface area contributed by atoms with Gasteiger partial charge in [0.15, 0.2) is 0 Å². The molecule has 0 fully saturated rings. The second kappa shape index (κ2) is 11.4. The molecule has 1 N–H and O–H groups in total. The molecule has 39 heavy (non-hydrogen) atoms. The lowest BCUT2D eigenvalue weighted by Gasteiger charge is -2.40. The van der Waals surface area contributed by atoms with Crippen LogP contribution < -0.4 is 19.7 Å². The van der Waals surface area contributed by atoms with Crippen molar-refractivity contribution in [1.29, 1.82) is 0 Å². The van der Waals surface area contributed by atoms with Crippen molar-refractivity contribution in [3.63, 3.8) is 0 Å². The Morgan fingerprint density at radius 2 is 1.64 bits per heavy atom. The number of ketones is 1. The SMILES string of the molecule is CCC(C)(C(=O)Nc1ccc(OC)cc1OC)N(Cc1ccccc1)C(=O)CN1C(=O)C(=O)c2ccccc21. The van der Waals surface area contributed by atoms with E-state index in [-0.39, 0.29) is 25.1 Å². The van der Waals surface area contributed by atoms with Gasteiger partial charge in [-0.1, -0.05) is 49.4 Å². The molecule has 1 heterocycles. The minimum atomic E-state index is -1.32. The molecule has 202 valence electrons. The van der Waals surface area contributed by atoms with Gasteiger partial charge in [0.25, 0.3) is 11.7 Å². The van der Waals surface area contributed by atoms with Gasteiger partial charge in [-0.05, 0) is 43.2 Å². The number of Topliss-reactive ketones (excluding diaryl/α,β-unsaturated/α-hetero) is 1. The monoisotopic (exact) mass is 529 g/mol. The second-order valence-electron chi connectivity index (χ2n) is 9.35. The molecule has 1 unspecified atom stereocenters. The topological polar surface area (TPSA) is 105 Å². The standard InChI is InChI=1S/C30H31N3O6/c1-5-30(2,29(37)31-23-16-15-21(38-3)17-25(23)39-4)33(18-20-11-7-6-8-12-20)26(34)19-32-24-14-10-9-13-22(24)27(35)28(32)36/h6-17H,5,18-19H2,1-4H3,(H,31,37). The van der Waals surface area contributed by atoms with Crippen molar-refractivity contribution in [1.82, 2.24) is 4.90 Å². The molecule has 0 radical (unpaired) electrons. The van der Waals surface area contributed by atoms with Crippen LogP contribution >= 0.6 is 0 Å². The maximum Gasteiger partial charge on any atom is 0.299 e. The molecular weight excluding hydrogens is 498 g/mol. The van der Waals surface area contributed by atoms with Gasteiger partial charge in [0.1, 0.15) is 23.6 Å². The number of hydrogen-bond donors (Lipinski definition) is 1. The molecule has 0 bridgehead atoms. The van der Waals surface area contributed by atoms with E-state index in [2.05, 4.69) is 5.32 Å². The number of nitrogens with zero attached hydrogens (tertiary/aromatic N) is 2. The van der Waals surface area contributed by atoms with E-state index in [0.29, 0.717) is 22.9 Å². The molecule has 4 rings (SSSR count). The van der Waals surface area contributed by atoms with Crippen molar-refractivity contribution >= 4 is 34.9 Å². The lowest BCUT2D eigenvalue weighted by molar-refractivity contribution is -0.145. The van der Waals surface area contributed by atoms with Crippen molar-refractivity contribution in [2.45, 2.75) is 32.4 Å². The van der Waals surface area contributed by atoms with Crippen LogP contribution in [0.25, 0.3) is 0 Å². The number of fused-ring (bicyclic) bond motifs is 1. The highest BCUT2D eigenvalue weighted by Crippen LogP contribution is 2.33. The second-order valence-corrected chi connectivity index (χ2v) is 9.35. The number of carbonyl (C=O) groups excluding carboxylic acids is 4. The Bertz CT molecular complexity index is 1410. The zero-order valence-electron chi connectivity index (χ0n) is 22.4. The summed E-state index contributed by atoms with van der Waals surface area (Å²) in [4.78, 5) is 55.7. The van der Waals surface area contributed by atoms with Gasteiger partial charge in [-0.15, -0.1) is 0 Å². The fraction of sp³-hybridized carbons (Fsp3) is 0.267. The van der Waals surface area contributed by atoms with Gasteiger partial charge < -0.3 is 19.7 Å². The minimum Gasteiger partial charge on any atom is -0.497 e. The summed E-state index contributed by atoms with van der Waals surface area (Å²) in [5.41, 5.74) is 0.553. The van der Waals surface area contributed by atoms with Crippen LogP contribution in [0.1, 0.15) is 36.2 Å². The highest BCUT2D eigenvalue weighted by Gasteiger charge is 2.43. The number of methoxy groups -OCH3 is 2. The number of para-hydroxylation sites is 1. The summed E-state index contributed by atoms with van der Waals surface area (Å²) in [5.74, 6) is -1.36. The highest BCUT2D eigenvalue weighted by atomic mass is 16.5. The molecule has 0 saturated heterocycles. The van der Waals surface area contributed by atoms with Crippen LogP contribution in [0.5, 0.6) is 11.5 Å². The van der Waals surface area contributed by atoms with Gasteiger partial charge in [-0.3, -0.25) is 24.1 Å². The lowest BCUT2D eigenvalue weighted by atomic mass is 9.93. The van der Waals surface area contributed by atoms with Crippen LogP contribution in [-0.2, 0) is 20.9 Å². The van der Waals surface area contributed by atoms with Gasteiger partial charge in [-0.2, -0.15) is 0 Å². The maximum atomic E-state index is 13.9. The van der Waals surface area contributed by atoms with Crippen LogP contribution in [0.2, 0.25) is 0 Å². The van der Waals surface area contributed by atoms with Gasteiger partial charge in [-0.25, -0.2) is 0 Å². The van der Waals surface area contributed by atoms with Crippen LogP contribution in [-0.4, -0.2) is 54.7 Å². The first-order chi connectivity index (χ1) is 18.7. The molecule has 9 nitrogen and oxygen atoms in total. The van der Waals surface area contributed by atoms with Crippen LogP contribution in [0.3, 0.4) is 0 Å². The largest absolute Gasteiger partial charge is 0.497 e. The number of benzene rings is 3. The first kappa shape index (κ1) is 27.4. The average Bonchev–Trinajstić information content (AvgIpc) is 3.20. The zero-order chi connectivity index (χ0) is 28.2. The number of amides is 3.